The molecule has 2 rings (SSSR count). The van der Waals surface area contributed by atoms with Gasteiger partial charge in [-0.15, -0.1) is 0 Å². The first-order valence-electron chi connectivity index (χ1n) is 6.14. The molecule has 100 valence electrons. The maximum absolute atomic E-state index is 9.43. The van der Waals surface area contributed by atoms with Gasteiger partial charge < -0.3 is 10.4 Å². The lowest BCUT2D eigenvalue weighted by Gasteiger charge is -2.15. The first-order chi connectivity index (χ1) is 9.29. The number of hydrogen-bond acceptors (Lipinski definition) is 4. The van der Waals surface area contributed by atoms with Gasteiger partial charge in [-0.05, 0) is 24.1 Å². The summed E-state index contributed by atoms with van der Waals surface area (Å²) in [6.45, 7) is 0.691. The maximum atomic E-state index is 9.43. The second-order valence-electron chi connectivity index (χ2n) is 4.30. The van der Waals surface area contributed by atoms with Crippen LogP contribution >= 0.6 is 11.6 Å². The van der Waals surface area contributed by atoms with Gasteiger partial charge in [-0.1, -0.05) is 29.8 Å². The number of aliphatic hydroxyl groups is 1. The second kappa shape index (κ2) is 7.07. The number of benzene rings is 1. The van der Waals surface area contributed by atoms with E-state index in [0.29, 0.717) is 12.5 Å². The Hall–Kier alpha value is -1.65. The predicted octanol–water partition coefficient (Wildman–Crippen LogP) is 2.39. The number of nitrogens with one attached hydrogen (secondary N) is 1. The van der Waals surface area contributed by atoms with E-state index in [9.17, 15) is 5.11 Å². The van der Waals surface area contributed by atoms with Crippen LogP contribution in [-0.4, -0.2) is 28.2 Å². The molecule has 2 N–H and O–H groups in total. The lowest BCUT2D eigenvalue weighted by molar-refractivity contribution is 0.232. The first-order valence-corrected chi connectivity index (χ1v) is 6.52. The normalized spacial score (nSPS) is 12.1. The Kier molecular flexibility index (Phi) is 5.12. The quantitative estimate of drug-likeness (QED) is 0.851. The number of rotatable bonds is 6. The molecule has 1 atom stereocenters. The second-order valence-corrected chi connectivity index (χ2v) is 4.70. The molecule has 0 amide bonds. The number of halogens is 1. The first kappa shape index (κ1) is 13.8. The molecule has 0 saturated carbocycles. The molecule has 5 heteroatoms. The van der Waals surface area contributed by atoms with Crippen LogP contribution in [0.4, 0.5) is 5.95 Å². The Morgan fingerprint density at radius 3 is 2.58 bits per heavy atom. The third-order valence-electron chi connectivity index (χ3n) is 2.84. The van der Waals surface area contributed by atoms with Crippen LogP contribution in [-0.2, 0) is 6.42 Å². The van der Waals surface area contributed by atoms with E-state index in [4.69, 9.17) is 11.6 Å². The van der Waals surface area contributed by atoms with Crippen molar-refractivity contribution in [3.63, 3.8) is 0 Å². The van der Waals surface area contributed by atoms with E-state index < -0.39 is 0 Å². The van der Waals surface area contributed by atoms with Crippen molar-refractivity contribution in [3.05, 3.63) is 53.3 Å². The molecule has 0 saturated heterocycles. The predicted molar refractivity (Wildman–Crippen MR) is 76.3 cm³/mol. The Morgan fingerprint density at radius 2 is 1.89 bits per heavy atom. The van der Waals surface area contributed by atoms with E-state index in [1.165, 1.54) is 0 Å². The Labute approximate surface area is 117 Å². The molecule has 0 aliphatic carbocycles. The summed E-state index contributed by atoms with van der Waals surface area (Å²) in [6.07, 6.45) is 4.07. The van der Waals surface area contributed by atoms with Crippen molar-refractivity contribution in [2.75, 3.05) is 18.5 Å². The summed E-state index contributed by atoms with van der Waals surface area (Å²) >= 11 is 6.12. The Morgan fingerprint density at radius 1 is 1.16 bits per heavy atom. The number of aliphatic hydroxyl groups excluding tert-OH is 1. The molecule has 0 unspecified atom stereocenters. The summed E-state index contributed by atoms with van der Waals surface area (Å²) in [5.41, 5.74) is 1.04. The van der Waals surface area contributed by atoms with E-state index in [1.807, 2.05) is 24.3 Å². The molecule has 1 aromatic carbocycles. The van der Waals surface area contributed by atoms with Gasteiger partial charge in [0.05, 0.1) is 0 Å². The van der Waals surface area contributed by atoms with E-state index in [1.54, 1.807) is 18.5 Å². The van der Waals surface area contributed by atoms with Crippen LogP contribution in [0.2, 0.25) is 5.02 Å². The van der Waals surface area contributed by atoms with Crippen molar-refractivity contribution >= 4 is 17.5 Å². The van der Waals surface area contributed by atoms with Crippen LogP contribution in [0.5, 0.6) is 0 Å². The smallest absolute Gasteiger partial charge is 0.222 e. The summed E-state index contributed by atoms with van der Waals surface area (Å²) in [7, 11) is 0. The van der Waals surface area contributed by atoms with Gasteiger partial charge in [0, 0.05) is 36.5 Å². The number of hydrogen-bond donors (Lipinski definition) is 2. The number of nitrogens with zero attached hydrogens (tertiary/aromatic N) is 2. The SMILES string of the molecule is OC[C@@H](CNc1ncccn1)Cc1ccccc1Cl. The molecule has 0 bridgehead atoms. The summed E-state index contributed by atoms with van der Waals surface area (Å²) in [6, 6.07) is 9.45. The fourth-order valence-corrected chi connectivity index (χ4v) is 2.02. The highest BCUT2D eigenvalue weighted by molar-refractivity contribution is 6.31. The summed E-state index contributed by atoms with van der Waals surface area (Å²) < 4.78 is 0. The molecule has 2 aromatic rings. The minimum Gasteiger partial charge on any atom is -0.396 e. The summed E-state index contributed by atoms with van der Waals surface area (Å²) in [5.74, 6) is 0.642. The number of anilines is 1. The van der Waals surface area contributed by atoms with Crippen molar-refractivity contribution in [1.29, 1.82) is 0 Å². The van der Waals surface area contributed by atoms with Gasteiger partial charge in [0.25, 0.3) is 0 Å². The van der Waals surface area contributed by atoms with Crippen molar-refractivity contribution < 1.29 is 5.11 Å². The highest BCUT2D eigenvalue weighted by Crippen LogP contribution is 2.18. The standard InChI is InChI=1S/C14H16ClN3O/c15-13-5-2-1-4-12(13)8-11(10-19)9-18-14-16-6-3-7-17-14/h1-7,11,19H,8-10H2,(H,16,17,18)/t11-/m1/s1. The molecule has 0 fully saturated rings. The van der Waals surface area contributed by atoms with Crippen LogP contribution in [0, 0.1) is 5.92 Å². The molecule has 4 nitrogen and oxygen atoms in total. The van der Waals surface area contributed by atoms with E-state index >= 15 is 0 Å². The zero-order valence-electron chi connectivity index (χ0n) is 10.5. The van der Waals surface area contributed by atoms with Crippen LogP contribution < -0.4 is 5.32 Å². The van der Waals surface area contributed by atoms with Crippen LogP contribution in [0.1, 0.15) is 5.56 Å². The molecular formula is C14H16ClN3O. The van der Waals surface area contributed by atoms with Gasteiger partial charge in [0.15, 0.2) is 0 Å². The summed E-state index contributed by atoms with van der Waals surface area (Å²) in [4.78, 5) is 8.16. The van der Waals surface area contributed by atoms with Crippen molar-refractivity contribution in [2.45, 2.75) is 6.42 Å². The molecule has 0 aliphatic heterocycles. The maximum Gasteiger partial charge on any atom is 0.222 e. The third-order valence-corrected chi connectivity index (χ3v) is 3.21. The average molecular weight is 278 g/mol. The molecule has 0 radical (unpaired) electrons. The molecule has 1 heterocycles. The van der Waals surface area contributed by atoms with Crippen molar-refractivity contribution in [1.82, 2.24) is 9.97 Å². The van der Waals surface area contributed by atoms with Gasteiger partial charge in [0.1, 0.15) is 0 Å². The van der Waals surface area contributed by atoms with Crippen molar-refractivity contribution in [2.24, 2.45) is 5.92 Å². The number of aromatic nitrogens is 2. The van der Waals surface area contributed by atoms with Gasteiger partial charge in [-0.2, -0.15) is 0 Å². The molecule has 0 aliphatic rings. The fourth-order valence-electron chi connectivity index (χ4n) is 1.80. The van der Waals surface area contributed by atoms with E-state index in [0.717, 1.165) is 17.0 Å². The monoisotopic (exact) mass is 277 g/mol. The minimum absolute atomic E-state index is 0.0729. The average Bonchev–Trinajstić information content (AvgIpc) is 2.46. The van der Waals surface area contributed by atoms with Gasteiger partial charge >= 0.3 is 0 Å². The molecule has 1 aromatic heterocycles. The van der Waals surface area contributed by atoms with Gasteiger partial charge in [0.2, 0.25) is 5.95 Å². The highest BCUT2D eigenvalue weighted by Gasteiger charge is 2.11. The zero-order chi connectivity index (χ0) is 13.5. The minimum atomic E-state index is 0.0729. The largest absolute Gasteiger partial charge is 0.396 e. The molecule has 0 spiro atoms. The fraction of sp³-hybridized carbons (Fsp3) is 0.286. The van der Waals surface area contributed by atoms with Crippen molar-refractivity contribution in [3.8, 4) is 0 Å². The van der Waals surface area contributed by atoms with Gasteiger partial charge in [-0.3, -0.25) is 0 Å². The lowest BCUT2D eigenvalue weighted by Crippen LogP contribution is -2.21. The topological polar surface area (TPSA) is 58.0 Å². The van der Waals surface area contributed by atoms with Crippen LogP contribution in [0.25, 0.3) is 0 Å². The van der Waals surface area contributed by atoms with Gasteiger partial charge in [-0.25, -0.2) is 9.97 Å². The van der Waals surface area contributed by atoms with E-state index in [2.05, 4.69) is 15.3 Å². The zero-order valence-corrected chi connectivity index (χ0v) is 11.2. The molecule has 19 heavy (non-hydrogen) atoms. The highest BCUT2D eigenvalue weighted by atomic mass is 35.5. The molecular weight excluding hydrogens is 262 g/mol. The lowest BCUT2D eigenvalue weighted by atomic mass is 10.00. The van der Waals surface area contributed by atoms with Crippen LogP contribution in [0.3, 0.4) is 0 Å². The van der Waals surface area contributed by atoms with E-state index in [-0.39, 0.29) is 12.5 Å². The van der Waals surface area contributed by atoms with Crippen LogP contribution in [0.15, 0.2) is 42.7 Å². The Balaban J connectivity index is 1.92. The third kappa shape index (κ3) is 4.19. The summed E-state index contributed by atoms with van der Waals surface area (Å²) in [5, 5.41) is 13.3. The Bertz CT molecular complexity index is 507.